The number of aryl methyl sites for hydroxylation is 3. The van der Waals surface area contributed by atoms with Crippen molar-refractivity contribution in [2.75, 3.05) is 0 Å². The Hall–Kier alpha value is -3.17. The molecular weight excluding hydrogens is 382 g/mol. The normalized spacial score (nSPS) is 10.9. The summed E-state index contributed by atoms with van der Waals surface area (Å²) in [6, 6.07) is 20.9. The standard InChI is InChI=1S/C25H20ClNO2/c1-15-8-10-18(11-9-15)22-14-20(19-13-16(2)12-17(3)24(19)27-22)25(28)29-23-7-5-4-6-21(23)26/h4-14H,1-3H3. The van der Waals surface area contributed by atoms with Crippen molar-refractivity contribution < 1.29 is 9.53 Å². The summed E-state index contributed by atoms with van der Waals surface area (Å²) in [4.78, 5) is 18.0. The van der Waals surface area contributed by atoms with Crippen LogP contribution in [0, 0.1) is 20.8 Å². The van der Waals surface area contributed by atoms with Crippen LogP contribution in [0.15, 0.2) is 66.7 Å². The molecule has 0 saturated carbocycles. The summed E-state index contributed by atoms with van der Waals surface area (Å²) in [6.45, 7) is 6.05. The average molecular weight is 402 g/mol. The number of halogens is 1. The van der Waals surface area contributed by atoms with Gasteiger partial charge in [0, 0.05) is 10.9 Å². The van der Waals surface area contributed by atoms with Crippen LogP contribution >= 0.6 is 11.6 Å². The van der Waals surface area contributed by atoms with E-state index in [4.69, 9.17) is 21.3 Å². The Balaban J connectivity index is 1.89. The van der Waals surface area contributed by atoms with Crippen LogP contribution in [0.1, 0.15) is 27.0 Å². The number of para-hydroxylation sites is 1. The van der Waals surface area contributed by atoms with Crippen molar-refractivity contribution in [1.82, 2.24) is 4.98 Å². The zero-order valence-electron chi connectivity index (χ0n) is 16.5. The fourth-order valence-corrected chi connectivity index (χ4v) is 3.58. The SMILES string of the molecule is Cc1ccc(-c2cc(C(=O)Oc3ccccc3Cl)c3cc(C)cc(C)c3n2)cc1. The number of pyridine rings is 1. The van der Waals surface area contributed by atoms with Gasteiger partial charge >= 0.3 is 5.97 Å². The molecule has 4 heteroatoms. The van der Waals surface area contributed by atoms with Crippen LogP contribution in [0.4, 0.5) is 0 Å². The van der Waals surface area contributed by atoms with Crippen LogP contribution in [0.5, 0.6) is 5.75 Å². The highest BCUT2D eigenvalue weighted by Crippen LogP contribution is 2.30. The number of aromatic nitrogens is 1. The van der Waals surface area contributed by atoms with Gasteiger partial charge in [-0.1, -0.05) is 65.2 Å². The molecule has 0 saturated heterocycles. The molecule has 1 heterocycles. The maximum Gasteiger partial charge on any atom is 0.344 e. The minimum Gasteiger partial charge on any atom is -0.421 e. The number of ether oxygens (including phenoxy) is 1. The van der Waals surface area contributed by atoms with Crippen molar-refractivity contribution in [3.63, 3.8) is 0 Å². The van der Waals surface area contributed by atoms with E-state index in [0.29, 0.717) is 16.3 Å². The first kappa shape index (κ1) is 19.2. The van der Waals surface area contributed by atoms with E-state index in [1.807, 2.05) is 51.1 Å². The molecule has 0 bridgehead atoms. The minimum atomic E-state index is -0.455. The second kappa shape index (κ2) is 7.69. The third-order valence-electron chi connectivity index (χ3n) is 4.85. The zero-order valence-corrected chi connectivity index (χ0v) is 17.2. The first-order valence-electron chi connectivity index (χ1n) is 9.38. The summed E-state index contributed by atoms with van der Waals surface area (Å²) < 4.78 is 5.63. The smallest absolute Gasteiger partial charge is 0.344 e. The van der Waals surface area contributed by atoms with Gasteiger partial charge in [-0.3, -0.25) is 0 Å². The van der Waals surface area contributed by atoms with Crippen molar-refractivity contribution in [1.29, 1.82) is 0 Å². The molecule has 4 rings (SSSR count). The van der Waals surface area contributed by atoms with Gasteiger partial charge in [-0.2, -0.15) is 0 Å². The van der Waals surface area contributed by atoms with E-state index in [1.165, 1.54) is 5.56 Å². The highest BCUT2D eigenvalue weighted by atomic mass is 35.5. The molecule has 0 unspecified atom stereocenters. The minimum absolute atomic E-state index is 0.338. The maximum absolute atomic E-state index is 13.1. The van der Waals surface area contributed by atoms with E-state index >= 15 is 0 Å². The van der Waals surface area contributed by atoms with Gasteiger partial charge in [0.05, 0.1) is 21.8 Å². The van der Waals surface area contributed by atoms with Crippen molar-refractivity contribution >= 4 is 28.5 Å². The van der Waals surface area contributed by atoms with Crippen molar-refractivity contribution in [2.24, 2.45) is 0 Å². The third kappa shape index (κ3) is 3.87. The van der Waals surface area contributed by atoms with E-state index in [0.717, 1.165) is 33.3 Å². The lowest BCUT2D eigenvalue weighted by atomic mass is 9.99. The second-order valence-electron chi connectivity index (χ2n) is 7.22. The largest absolute Gasteiger partial charge is 0.421 e. The number of fused-ring (bicyclic) bond motifs is 1. The highest BCUT2D eigenvalue weighted by Gasteiger charge is 2.18. The molecule has 0 aliphatic heterocycles. The number of nitrogens with zero attached hydrogens (tertiary/aromatic N) is 1. The van der Waals surface area contributed by atoms with Crippen LogP contribution in [-0.2, 0) is 0 Å². The molecule has 144 valence electrons. The number of hydrogen-bond acceptors (Lipinski definition) is 3. The van der Waals surface area contributed by atoms with E-state index in [2.05, 4.69) is 6.07 Å². The third-order valence-corrected chi connectivity index (χ3v) is 5.17. The Bertz CT molecular complexity index is 1230. The van der Waals surface area contributed by atoms with Gasteiger partial charge in [0.15, 0.2) is 0 Å². The lowest BCUT2D eigenvalue weighted by molar-refractivity contribution is 0.0737. The molecule has 0 aliphatic carbocycles. The number of esters is 1. The summed E-state index contributed by atoms with van der Waals surface area (Å²) in [7, 11) is 0. The maximum atomic E-state index is 13.1. The van der Waals surface area contributed by atoms with Gasteiger partial charge < -0.3 is 4.74 Å². The molecule has 0 amide bonds. The quantitative estimate of drug-likeness (QED) is 0.283. The Morgan fingerprint density at radius 3 is 2.34 bits per heavy atom. The van der Waals surface area contributed by atoms with Crippen LogP contribution in [-0.4, -0.2) is 11.0 Å². The molecule has 1 aromatic heterocycles. The number of carbonyl (C=O) groups is 1. The molecule has 3 aromatic carbocycles. The topological polar surface area (TPSA) is 39.2 Å². The van der Waals surface area contributed by atoms with Crippen LogP contribution < -0.4 is 4.74 Å². The van der Waals surface area contributed by atoms with Gasteiger partial charge in [-0.25, -0.2) is 9.78 Å². The summed E-state index contributed by atoms with van der Waals surface area (Å²) in [6.07, 6.45) is 0. The molecule has 0 atom stereocenters. The molecular formula is C25H20ClNO2. The summed E-state index contributed by atoms with van der Waals surface area (Å²) >= 11 is 6.18. The highest BCUT2D eigenvalue weighted by molar-refractivity contribution is 6.32. The van der Waals surface area contributed by atoms with Crippen LogP contribution in [0.25, 0.3) is 22.2 Å². The van der Waals surface area contributed by atoms with Crippen molar-refractivity contribution in [3.8, 4) is 17.0 Å². The lowest BCUT2D eigenvalue weighted by Crippen LogP contribution is -2.11. The average Bonchev–Trinajstić information content (AvgIpc) is 2.69. The lowest BCUT2D eigenvalue weighted by Gasteiger charge is -2.13. The molecule has 29 heavy (non-hydrogen) atoms. The van der Waals surface area contributed by atoms with Gasteiger partial charge in [-0.05, 0) is 50.6 Å². The zero-order chi connectivity index (χ0) is 20.5. The monoisotopic (exact) mass is 401 g/mol. The predicted molar refractivity (Wildman–Crippen MR) is 118 cm³/mol. The van der Waals surface area contributed by atoms with Gasteiger partial charge in [0.1, 0.15) is 5.75 Å². The molecule has 4 aromatic rings. The van der Waals surface area contributed by atoms with Crippen LogP contribution in [0.3, 0.4) is 0 Å². The molecule has 3 nitrogen and oxygen atoms in total. The molecule has 0 fully saturated rings. The number of benzene rings is 3. The number of carbonyl (C=O) groups excluding carboxylic acids is 1. The fraction of sp³-hybridized carbons (Fsp3) is 0.120. The van der Waals surface area contributed by atoms with Crippen molar-refractivity contribution in [3.05, 3.63) is 94.0 Å². The Labute approximate surface area is 174 Å². The van der Waals surface area contributed by atoms with E-state index in [-0.39, 0.29) is 0 Å². The fourth-order valence-electron chi connectivity index (χ4n) is 3.40. The molecule has 0 N–H and O–H groups in total. The number of hydrogen-bond donors (Lipinski definition) is 0. The van der Waals surface area contributed by atoms with Crippen LogP contribution in [0.2, 0.25) is 5.02 Å². The Morgan fingerprint density at radius 2 is 1.62 bits per heavy atom. The van der Waals surface area contributed by atoms with E-state index in [1.54, 1.807) is 30.3 Å². The molecule has 0 spiro atoms. The Kier molecular flexibility index (Phi) is 5.08. The predicted octanol–water partition coefficient (Wildman–Crippen LogP) is 6.70. The van der Waals surface area contributed by atoms with Crippen molar-refractivity contribution in [2.45, 2.75) is 20.8 Å². The van der Waals surface area contributed by atoms with Gasteiger partial charge in [0.25, 0.3) is 0 Å². The molecule has 0 radical (unpaired) electrons. The first-order valence-corrected chi connectivity index (χ1v) is 9.76. The first-order chi connectivity index (χ1) is 13.9. The summed E-state index contributed by atoms with van der Waals surface area (Å²) in [5.41, 5.74) is 6.18. The summed E-state index contributed by atoms with van der Waals surface area (Å²) in [5, 5.41) is 1.17. The summed E-state index contributed by atoms with van der Waals surface area (Å²) in [5.74, 6) is -0.116. The van der Waals surface area contributed by atoms with E-state index < -0.39 is 5.97 Å². The van der Waals surface area contributed by atoms with Gasteiger partial charge in [-0.15, -0.1) is 0 Å². The van der Waals surface area contributed by atoms with Gasteiger partial charge in [0.2, 0.25) is 0 Å². The Morgan fingerprint density at radius 1 is 0.897 bits per heavy atom. The number of rotatable bonds is 3. The second-order valence-corrected chi connectivity index (χ2v) is 7.63. The van der Waals surface area contributed by atoms with E-state index in [9.17, 15) is 4.79 Å². The molecule has 0 aliphatic rings.